The van der Waals surface area contributed by atoms with E-state index in [4.69, 9.17) is 0 Å². The van der Waals surface area contributed by atoms with Crippen LogP contribution in [-0.4, -0.2) is 44.3 Å². The molecule has 1 aliphatic heterocycles. The zero-order chi connectivity index (χ0) is 22.8. The van der Waals surface area contributed by atoms with Gasteiger partial charge in [0.1, 0.15) is 5.82 Å². The molecule has 174 valence electrons. The minimum Gasteiger partial charge on any atom is -0.308 e. The third-order valence-electron chi connectivity index (χ3n) is 7.21. The van der Waals surface area contributed by atoms with Crippen molar-refractivity contribution >= 4 is 22.5 Å². The van der Waals surface area contributed by atoms with Crippen LogP contribution >= 0.6 is 0 Å². The first-order chi connectivity index (χ1) is 16.0. The number of fused-ring (bicyclic) bond motifs is 1. The number of aromatic nitrogens is 3. The van der Waals surface area contributed by atoms with Gasteiger partial charge in [0.05, 0.1) is 11.9 Å². The van der Waals surface area contributed by atoms with E-state index in [1.165, 1.54) is 25.0 Å². The monoisotopic (exact) mass is 449 g/mol. The number of nitrogens with zero attached hydrogens (tertiary/aromatic N) is 4. The van der Waals surface area contributed by atoms with Gasteiger partial charge < -0.3 is 5.32 Å². The summed E-state index contributed by atoms with van der Waals surface area (Å²) in [5.74, 6) is -0.173. The molecule has 0 radical (unpaired) electrons. The van der Waals surface area contributed by atoms with Crippen LogP contribution in [0, 0.1) is 0 Å². The highest BCUT2D eigenvalue weighted by Gasteiger charge is 2.39. The second kappa shape index (κ2) is 9.21. The molecule has 5 rings (SSSR count). The van der Waals surface area contributed by atoms with Gasteiger partial charge in [-0.3, -0.25) is 14.4 Å². The van der Waals surface area contributed by atoms with Gasteiger partial charge in [0.25, 0.3) is 5.91 Å². The van der Waals surface area contributed by atoms with E-state index in [0.29, 0.717) is 5.82 Å². The fourth-order valence-corrected chi connectivity index (χ4v) is 5.17. The third kappa shape index (κ3) is 4.64. The first kappa shape index (κ1) is 22.0. The first-order valence-corrected chi connectivity index (χ1v) is 12.2. The number of rotatable bonds is 5. The lowest BCUT2D eigenvalue weighted by Gasteiger charge is -2.27. The van der Waals surface area contributed by atoms with Gasteiger partial charge in [0.15, 0.2) is 5.67 Å². The normalized spacial score (nSPS) is 19.0. The van der Waals surface area contributed by atoms with E-state index in [-0.39, 0.29) is 12.8 Å². The molecule has 3 heterocycles. The molecule has 0 unspecified atom stereocenters. The summed E-state index contributed by atoms with van der Waals surface area (Å²) >= 11 is 0. The van der Waals surface area contributed by atoms with Crippen molar-refractivity contribution in [3.63, 3.8) is 0 Å². The smallest absolute Gasteiger partial charge is 0.263 e. The maximum Gasteiger partial charge on any atom is 0.263 e. The highest BCUT2D eigenvalue weighted by atomic mass is 19.1. The Morgan fingerprint density at radius 1 is 1.03 bits per heavy atom. The molecule has 1 amide bonds. The number of amides is 1. The molecular weight excluding hydrogens is 417 g/mol. The summed E-state index contributed by atoms with van der Waals surface area (Å²) in [6.07, 6.45) is 10.6. The van der Waals surface area contributed by atoms with Crippen LogP contribution in [0.4, 0.5) is 10.2 Å². The molecule has 0 atom stereocenters. The number of nitrogens with one attached hydrogen (secondary N) is 1. The van der Waals surface area contributed by atoms with E-state index in [9.17, 15) is 4.79 Å². The quantitative estimate of drug-likeness (QED) is 0.579. The van der Waals surface area contributed by atoms with Crippen LogP contribution in [0.2, 0.25) is 0 Å². The van der Waals surface area contributed by atoms with Gasteiger partial charge in [-0.15, -0.1) is 0 Å². The standard InChI is InChI=1S/C26H32FN5O/c1-31-23(18-32-12-6-3-7-13-32)22(17-29-31)19-8-9-20-16-28-24(15-21(20)14-19)30-25(33)26(27)10-4-2-5-11-26/h8-9,14-17H,2-7,10-13,18H2,1H3,(H,28,30,33). The number of carbonyl (C=O) groups excluding carboxylic acids is 1. The molecule has 2 aromatic heterocycles. The maximum atomic E-state index is 15.0. The summed E-state index contributed by atoms with van der Waals surface area (Å²) in [6, 6.07) is 8.08. The molecule has 2 fully saturated rings. The summed E-state index contributed by atoms with van der Waals surface area (Å²) in [4.78, 5) is 19.5. The lowest BCUT2D eigenvalue weighted by Crippen LogP contribution is -2.40. The average Bonchev–Trinajstić information content (AvgIpc) is 3.19. The molecule has 1 aromatic carbocycles. The highest BCUT2D eigenvalue weighted by molar-refractivity contribution is 5.98. The number of alkyl halides is 1. The minimum absolute atomic E-state index is 0.289. The predicted octanol–water partition coefficient (Wildman–Crippen LogP) is 5.23. The Balaban J connectivity index is 1.40. The van der Waals surface area contributed by atoms with Crippen LogP contribution in [0.25, 0.3) is 21.9 Å². The molecule has 0 spiro atoms. The largest absolute Gasteiger partial charge is 0.308 e. The van der Waals surface area contributed by atoms with Crippen molar-refractivity contribution < 1.29 is 9.18 Å². The Morgan fingerprint density at radius 3 is 2.58 bits per heavy atom. The van der Waals surface area contributed by atoms with Crippen molar-refractivity contribution in [2.75, 3.05) is 18.4 Å². The second-order valence-electron chi connectivity index (χ2n) is 9.58. The summed E-state index contributed by atoms with van der Waals surface area (Å²) in [7, 11) is 2.00. The maximum absolute atomic E-state index is 15.0. The van der Waals surface area contributed by atoms with Crippen LogP contribution in [0.15, 0.2) is 36.7 Å². The van der Waals surface area contributed by atoms with E-state index in [1.807, 2.05) is 30.1 Å². The highest BCUT2D eigenvalue weighted by Crippen LogP contribution is 2.33. The van der Waals surface area contributed by atoms with Gasteiger partial charge in [-0.2, -0.15) is 5.10 Å². The number of aryl methyl sites for hydroxylation is 1. The molecule has 1 saturated carbocycles. The van der Waals surface area contributed by atoms with Crippen LogP contribution in [0.1, 0.15) is 57.1 Å². The Kier molecular flexibility index (Phi) is 6.15. The van der Waals surface area contributed by atoms with Gasteiger partial charge in [0.2, 0.25) is 0 Å². The molecule has 33 heavy (non-hydrogen) atoms. The number of likely N-dealkylation sites (tertiary alicyclic amines) is 1. The molecule has 6 nitrogen and oxygen atoms in total. The van der Waals surface area contributed by atoms with Crippen molar-refractivity contribution in [3.8, 4) is 11.1 Å². The number of piperidine rings is 1. The molecule has 2 aliphatic rings. The predicted molar refractivity (Wildman–Crippen MR) is 129 cm³/mol. The number of hydrogen-bond donors (Lipinski definition) is 1. The van der Waals surface area contributed by atoms with E-state index in [0.717, 1.165) is 60.8 Å². The number of benzene rings is 1. The van der Waals surface area contributed by atoms with Crippen LogP contribution in [-0.2, 0) is 18.4 Å². The number of hydrogen-bond acceptors (Lipinski definition) is 4. The third-order valence-corrected chi connectivity index (χ3v) is 7.21. The fraction of sp³-hybridized carbons (Fsp3) is 0.500. The number of anilines is 1. The van der Waals surface area contributed by atoms with Gasteiger partial charge in [0, 0.05) is 30.7 Å². The fourth-order valence-electron chi connectivity index (χ4n) is 5.17. The molecule has 1 N–H and O–H groups in total. The van der Waals surface area contributed by atoms with E-state index in [1.54, 1.807) is 6.20 Å². The topological polar surface area (TPSA) is 63.1 Å². The number of halogens is 1. The van der Waals surface area contributed by atoms with Crippen LogP contribution in [0.3, 0.4) is 0 Å². The summed E-state index contributed by atoms with van der Waals surface area (Å²) < 4.78 is 17.0. The van der Waals surface area contributed by atoms with Gasteiger partial charge in [-0.25, -0.2) is 9.37 Å². The van der Waals surface area contributed by atoms with Gasteiger partial charge >= 0.3 is 0 Å². The molecule has 3 aromatic rings. The molecule has 7 heteroatoms. The first-order valence-electron chi connectivity index (χ1n) is 12.2. The van der Waals surface area contributed by atoms with E-state index in [2.05, 4.69) is 32.4 Å². The second-order valence-corrected chi connectivity index (χ2v) is 9.58. The van der Waals surface area contributed by atoms with Crippen molar-refractivity contribution in [3.05, 3.63) is 42.4 Å². The lowest BCUT2D eigenvalue weighted by atomic mass is 9.86. The summed E-state index contributed by atoms with van der Waals surface area (Å²) in [5.41, 5.74) is 1.63. The Morgan fingerprint density at radius 2 is 1.79 bits per heavy atom. The zero-order valence-electron chi connectivity index (χ0n) is 19.3. The Bertz CT molecular complexity index is 1140. The minimum atomic E-state index is -1.78. The van der Waals surface area contributed by atoms with Gasteiger partial charge in [-0.1, -0.05) is 25.0 Å². The molecule has 1 saturated heterocycles. The lowest BCUT2D eigenvalue weighted by molar-refractivity contribution is -0.129. The number of pyridine rings is 1. The molecule has 1 aliphatic carbocycles. The van der Waals surface area contributed by atoms with Crippen molar-refractivity contribution in [2.24, 2.45) is 7.05 Å². The number of carbonyl (C=O) groups is 1. The molecular formula is C26H32FN5O. The van der Waals surface area contributed by atoms with Crippen molar-refractivity contribution in [2.45, 2.75) is 63.6 Å². The van der Waals surface area contributed by atoms with Gasteiger partial charge in [-0.05, 0) is 74.7 Å². The summed E-state index contributed by atoms with van der Waals surface area (Å²) in [5, 5.41) is 9.20. The van der Waals surface area contributed by atoms with Crippen LogP contribution in [0.5, 0.6) is 0 Å². The zero-order valence-corrected chi connectivity index (χ0v) is 19.3. The van der Waals surface area contributed by atoms with Crippen molar-refractivity contribution in [1.29, 1.82) is 0 Å². The van der Waals surface area contributed by atoms with E-state index >= 15 is 4.39 Å². The Labute approximate surface area is 194 Å². The average molecular weight is 450 g/mol. The van der Waals surface area contributed by atoms with E-state index < -0.39 is 11.6 Å². The SMILES string of the molecule is Cn1ncc(-c2ccc3cnc(NC(=O)C4(F)CCCCC4)cc3c2)c1CN1CCCCC1. The van der Waals surface area contributed by atoms with Crippen LogP contribution < -0.4 is 5.32 Å². The van der Waals surface area contributed by atoms with Crippen molar-refractivity contribution in [1.82, 2.24) is 19.7 Å². The summed E-state index contributed by atoms with van der Waals surface area (Å²) in [6.45, 7) is 3.15. The molecule has 0 bridgehead atoms. The Hall–Kier alpha value is -2.80.